The Morgan fingerprint density at radius 3 is 2.50 bits per heavy atom. The van der Waals surface area contributed by atoms with Gasteiger partial charge < -0.3 is 10.1 Å². The molecule has 1 aromatic heterocycles. The van der Waals surface area contributed by atoms with Gasteiger partial charge in [-0.3, -0.25) is 0 Å². The van der Waals surface area contributed by atoms with E-state index in [1.54, 1.807) is 0 Å². The lowest BCUT2D eigenvalue weighted by Gasteiger charge is -2.12. The Morgan fingerprint density at radius 1 is 1.31 bits per heavy atom. The fraction of sp³-hybridized carbons (Fsp3) is 0.636. The van der Waals surface area contributed by atoms with Crippen LogP contribution in [-0.4, -0.2) is 21.0 Å². The molecule has 0 aliphatic heterocycles. The van der Waals surface area contributed by atoms with E-state index in [1.165, 1.54) is 25.7 Å². The minimum Gasteiger partial charge on any atom is -0.476 e. The van der Waals surface area contributed by atoms with Crippen LogP contribution in [0.2, 0.25) is 0 Å². The van der Waals surface area contributed by atoms with Gasteiger partial charge in [0.05, 0.1) is 5.69 Å². The van der Waals surface area contributed by atoms with Crippen LogP contribution in [0.4, 0.5) is 0 Å². The molecule has 0 unspecified atom stereocenters. The summed E-state index contributed by atoms with van der Waals surface area (Å²) in [6.07, 6.45) is 7.01. The Balaban J connectivity index is 2.26. The van der Waals surface area contributed by atoms with Crippen molar-refractivity contribution in [2.24, 2.45) is 0 Å². The number of nitrogens with zero attached hydrogens (tertiary/aromatic N) is 1. The molecule has 0 saturated heterocycles. The first-order valence-corrected chi connectivity index (χ1v) is 6.46. The highest BCUT2D eigenvalue weighted by Crippen LogP contribution is 2.32. The van der Waals surface area contributed by atoms with Gasteiger partial charge in [-0.05, 0) is 28.8 Å². The number of aromatic nitrogens is 2. The van der Waals surface area contributed by atoms with Crippen molar-refractivity contribution in [2.75, 3.05) is 0 Å². The van der Waals surface area contributed by atoms with Gasteiger partial charge in [-0.1, -0.05) is 25.7 Å². The highest BCUT2D eigenvalue weighted by atomic mass is 79.9. The van der Waals surface area contributed by atoms with E-state index in [-0.39, 0.29) is 5.69 Å². The molecule has 0 aromatic carbocycles. The molecule has 5 heteroatoms. The predicted octanol–water partition coefficient (Wildman–Crippen LogP) is 3.31. The highest BCUT2D eigenvalue weighted by Gasteiger charge is 2.24. The first-order valence-electron chi connectivity index (χ1n) is 5.67. The van der Waals surface area contributed by atoms with Crippen molar-refractivity contribution in [3.63, 3.8) is 0 Å². The first kappa shape index (κ1) is 11.6. The molecule has 1 saturated carbocycles. The lowest BCUT2D eigenvalue weighted by atomic mass is 9.95. The monoisotopic (exact) mass is 286 g/mol. The molecule has 0 radical (unpaired) electrons. The number of rotatable bonds is 2. The number of hydrogen-bond donors (Lipinski definition) is 2. The summed E-state index contributed by atoms with van der Waals surface area (Å²) < 4.78 is 0.518. The van der Waals surface area contributed by atoms with E-state index in [0.29, 0.717) is 10.7 Å². The largest absolute Gasteiger partial charge is 0.476 e. The SMILES string of the molecule is O=C(O)c1nc(Br)[nH]c1C1CCCCCC1. The fourth-order valence-electron chi connectivity index (χ4n) is 2.38. The number of halogens is 1. The summed E-state index contributed by atoms with van der Waals surface area (Å²) in [7, 11) is 0. The number of H-pyrrole nitrogens is 1. The molecular formula is C11H15BrN2O2. The third-order valence-electron chi connectivity index (χ3n) is 3.17. The molecule has 1 aromatic rings. The fourth-order valence-corrected chi connectivity index (χ4v) is 2.77. The third kappa shape index (κ3) is 2.45. The molecule has 0 bridgehead atoms. The molecule has 1 fully saturated rings. The summed E-state index contributed by atoms with van der Waals surface area (Å²) in [5, 5.41) is 9.08. The van der Waals surface area contributed by atoms with Crippen LogP contribution in [-0.2, 0) is 0 Å². The van der Waals surface area contributed by atoms with Crippen molar-refractivity contribution in [2.45, 2.75) is 44.4 Å². The quantitative estimate of drug-likeness (QED) is 0.820. The average molecular weight is 287 g/mol. The third-order valence-corrected chi connectivity index (χ3v) is 3.54. The Hall–Kier alpha value is -0.840. The molecule has 0 amide bonds. The number of hydrogen-bond acceptors (Lipinski definition) is 2. The molecule has 0 atom stereocenters. The Morgan fingerprint density at radius 2 is 1.94 bits per heavy atom. The van der Waals surface area contributed by atoms with E-state index in [1.807, 2.05) is 0 Å². The summed E-state index contributed by atoms with van der Waals surface area (Å²) in [6.45, 7) is 0. The van der Waals surface area contributed by atoms with Gasteiger partial charge in [0, 0.05) is 5.92 Å². The Labute approximate surface area is 103 Å². The molecule has 1 aliphatic carbocycles. The maximum absolute atomic E-state index is 11.1. The molecule has 2 rings (SSSR count). The Kier molecular flexibility index (Phi) is 3.63. The number of aromatic carboxylic acids is 1. The molecule has 1 aliphatic rings. The van der Waals surface area contributed by atoms with Crippen LogP contribution in [0.5, 0.6) is 0 Å². The number of nitrogens with one attached hydrogen (secondary N) is 1. The van der Waals surface area contributed by atoms with Crippen molar-refractivity contribution in [1.29, 1.82) is 0 Å². The van der Waals surface area contributed by atoms with Crippen molar-refractivity contribution in [1.82, 2.24) is 9.97 Å². The van der Waals surface area contributed by atoms with Crippen molar-refractivity contribution in [3.8, 4) is 0 Å². The van der Waals surface area contributed by atoms with Crippen LogP contribution in [0.3, 0.4) is 0 Å². The van der Waals surface area contributed by atoms with E-state index in [2.05, 4.69) is 25.9 Å². The topological polar surface area (TPSA) is 66.0 Å². The summed E-state index contributed by atoms with van der Waals surface area (Å²) in [5.41, 5.74) is 0.972. The molecule has 0 spiro atoms. The van der Waals surface area contributed by atoms with Crippen molar-refractivity contribution < 1.29 is 9.90 Å². The molecule has 1 heterocycles. The van der Waals surface area contributed by atoms with Gasteiger partial charge in [-0.15, -0.1) is 0 Å². The second-order valence-corrected chi connectivity index (χ2v) is 5.03. The Bertz CT molecular complexity index is 381. The molecular weight excluding hydrogens is 272 g/mol. The second kappa shape index (κ2) is 4.99. The lowest BCUT2D eigenvalue weighted by molar-refractivity contribution is 0.0689. The van der Waals surface area contributed by atoms with E-state index >= 15 is 0 Å². The molecule has 88 valence electrons. The first-order chi connectivity index (χ1) is 7.68. The minimum absolute atomic E-state index is 0.179. The van der Waals surface area contributed by atoms with Gasteiger partial charge in [-0.25, -0.2) is 9.78 Å². The van der Waals surface area contributed by atoms with Crippen LogP contribution in [0.15, 0.2) is 4.73 Å². The predicted molar refractivity (Wildman–Crippen MR) is 63.7 cm³/mol. The standard InChI is InChI=1S/C11H15BrN2O2/c12-11-13-8(9(14-11)10(15)16)7-5-3-1-2-4-6-7/h7H,1-6H2,(H,13,14)(H,15,16). The number of carbonyl (C=O) groups is 1. The zero-order valence-corrected chi connectivity index (χ0v) is 10.6. The summed E-state index contributed by atoms with van der Waals surface area (Å²) in [6, 6.07) is 0. The smallest absolute Gasteiger partial charge is 0.356 e. The zero-order valence-electron chi connectivity index (χ0n) is 9.00. The van der Waals surface area contributed by atoms with E-state index in [4.69, 9.17) is 5.11 Å². The normalized spacial score (nSPS) is 18.3. The molecule has 2 N–H and O–H groups in total. The highest BCUT2D eigenvalue weighted by molar-refractivity contribution is 9.10. The molecule has 4 nitrogen and oxygen atoms in total. The lowest BCUT2D eigenvalue weighted by Crippen LogP contribution is -2.07. The summed E-state index contributed by atoms with van der Waals surface area (Å²) in [4.78, 5) is 18.1. The van der Waals surface area contributed by atoms with Crippen LogP contribution in [0.1, 0.15) is 60.6 Å². The summed E-state index contributed by atoms with van der Waals surface area (Å²) in [5.74, 6) is -0.617. The van der Waals surface area contributed by atoms with Crippen molar-refractivity contribution in [3.05, 3.63) is 16.1 Å². The van der Waals surface area contributed by atoms with E-state index in [0.717, 1.165) is 18.5 Å². The van der Waals surface area contributed by atoms with E-state index in [9.17, 15) is 4.79 Å². The maximum atomic E-state index is 11.1. The van der Waals surface area contributed by atoms with Crippen LogP contribution in [0.25, 0.3) is 0 Å². The van der Waals surface area contributed by atoms with Gasteiger partial charge in [0.2, 0.25) is 0 Å². The number of carboxylic acids is 1. The number of carboxylic acid groups (broad SMARTS) is 1. The number of aromatic amines is 1. The average Bonchev–Trinajstić information content (AvgIpc) is 2.49. The molecule has 16 heavy (non-hydrogen) atoms. The van der Waals surface area contributed by atoms with Gasteiger partial charge >= 0.3 is 5.97 Å². The van der Waals surface area contributed by atoms with Gasteiger partial charge in [0.15, 0.2) is 10.4 Å². The second-order valence-electron chi connectivity index (χ2n) is 4.28. The van der Waals surface area contributed by atoms with Crippen LogP contribution < -0.4 is 0 Å². The van der Waals surface area contributed by atoms with Gasteiger partial charge in [0.25, 0.3) is 0 Å². The summed E-state index contributed by atoms with van der Waals surface area (Å²) >= 11 is 3.21. The zero-order chi connectivity index (χ0) is 11.5. The van der Waals surface area contributed by atoms with Crippen LogP contribution in [0, 0.1) is 0 Å². The van der Waals surface area contributed by atoms with Crippen molar-refractivity contribution >= 4 is 21.9 Å². The van der Waals surface area contributed by atoms with E-state index < -0.39 is 5.97 Å². The maximum Gasteiger partial charge on any atom is 0.356 e. The van der Waals surface area contributed by atoms with Crippen LogP contribution >= 0.6 is 15.9 Å². The minimum atomic E-state index is -0.943. The number of imidazole rings is 1. The van der Waals surface area contributed by atoms with Gasteiger partial charge in [0.1, 0.15) is 0 Å². The van der Waals surface area contributed by atoms with Gasteiger partial charge in [-0.2, -0.15) is 0 Å².